The molecule has 0 atom stereocenters. The molecular formula is C14H16N6O. The van der Waals surface area contributed by atoms with Gasteiger partial charge in [-0.2, -0.15) is 0 Å². The van der Waals surface area contributed by atoms with Gasteiger partial charge in [-0.1, -0.05) is 18.2 Å². The molecule has 1 N–H and O–H groups in total. The molecule has 7 nitrogen and oxygen atoms in total. The highest BCUT2D eigenvalue weighted by molar-refractivity contribution is 5.51. The van der Waals surface area contributed by atoms with E-state index in [9.17, 15) is 0 Å². The molecule has 0 spiro atoms. The van der Waals surface area contributed by atoms with Crippen LogP contribution in [0.3, 0.4) is 0 Å². The Morgan fingerprint density at radius 2 is 1.95 bits per heavy atom. The molecule has 0 aliphatic heterocycles. The van der Waals surface area contributed by atoms with E-state index in [1.165, 1.54) is 0 Å². The molecule has 7 heteroatoms. The molecule has 0 saturated heterocycles. The average Bonchev–Trinajstić information content (AvgIpc) is 3.17. The van der Waals surface area contributed by atoms with E-state index in [0.717, 1.165) is 17.9 Å². The van der Waals surface area contributed by atoms with Crippen molar-refractivity contribution in [2.45, 2.75) is 26.6 Å². The summed E-state index contributed by atoms with van der Waals surface area (Å²) in [6, 6.07) is 9.71. The number of aromatic nitrogens is 5. The summed E-state index contributed by atoms with van der Waals surface area (Å²) in [5.74, 6) is 1.97. The van der Waals surface area contributed by atoms with E-state index in [1.807, 2.05) is 34.9 Å². The molecule has 21 heavy (non-hydrogen) atoms. The molecule has 0 saturated carbocycles. The minimum atomic E-state index is 0.496. The summed E-state index contributed by atoms with van der Waals surface area (Å²) in [6.07, 6.45) is 1.72. The van der Waals surface area contributed by atoms with Gasteiger partial charge in [0, 0.05) is 12.1 Å². The second-order valence-corrected chi connectivity index (χ2v) is 4.50. The first kappa shape index (κ1) is 13.4. The lowest BCUT2D eigenvalue weighted by Crippen LogP contribution is -2.16. The lowest BCUT2D eigenvalue weighted by Gasteiger charge is -2.03. The van der Waals surface area contributed by atoms with Gasteiger partial charge in [0.15, 0.2) is 0 Å². The highest BCUT2D eigenvalue weighted by atomic mass is 16.4. The number of nitrogens with zero attached hydrogens (tertiary/aromatic N) is 5. The second-order valence-electron chi connectivity index (χ2n) is 4.50. The van der Waals surface area contributed by atoms with Crippen molar-refractivity contribution in [1.29, 1.82) is 0 Å². The number of hydrogen-bond donors (Lipinski definition) is 1. The molecule has 0 radical (unpaired) electrons. The quantitative estimate of drug-likeness (QED) is 0.741. The van der Waals surface area contributed by atoms with E-state index in [-0.39, 0.29) is 0 Å². The van der Waals surface area contributed by atoms with Crippen molar-refractivity contribution in [2.24, 2.45) is 0 Å². The second kappa shape index (κ2) is 6.27. The summed E-state index contributed by atoms with van der Waals surface area (Å²) in [7, 11) is 0. The normalized spacial score (nSPS) is 10.9. The fourth-order valence-corrected chi connectivity index (χ4v) is 1.98. The Labute approximate surface area is 122 Å². The van der Waals surface area contributed by atoms with Gasteiger partial charge in [0.2, 0.25) is 11.8 Å². The Kier molecular flexibility index (Phi) is 4.02. The van der Waals surface area contributed by atoms with Crippen molar-refractivity contribution in [3.05, 3.63) is 48.4 Å². The van der Waals surface area contributed by atoms with Gasteiger partial charge in [0.25, 0.3) is 0 Å². The van der Waals surface area contributed by atoms with Gasteiger partial charge >= 0.3 is 0 Å². The summed E-state index contributed by atoms with van der Waals surface area (Å²) >= 11 is 0. The Bertz CT molecular complexity index is 690. The number of aryl methyl sites for hydroxylation is 1. The van der Waals surface area contributed by atoms with Crippen molar-refractivity contribution in [2.75, 3.05) is 0 Å². The van der Waals surface area contributed by atoms with Crippen LogP contribution in [0.1, 0.15) is 18.6 Å². The van der Waals surface area contributed by atoms with Crippen LogP contribution in [0.4, 0.5) is 0 Å². The maximum absolute atomic E-state index is 5.62. The van der Waals surface area contributed by atoms with Crippen molar-refractivity contribution < 1.29 is 4.42 Å². The number of nitrogens with one attached hydrogen (secondary N) is 1. The molecule has 0 aliphatic carbocycles. The molecule has 2 heterocycles. The van der Waals surface area contributed by atoms with E-state index >= 15 is 0 Å². The summed E-state index contributed by atoms with van der Waals surface area (Å²) < 4.78 is 7.60. The third-order valence-electron chi connectivity index (χ3n) is 3.08. The zero-order valence-electron chi connectivity index (χ0n) is 11.7. The van der Waals surface area contributed by atoms with Crippen molar-refractivity contribution in [1.82, 2.24) is 30.3 Å². The summed E-state index contributed by atoms with van der Waals surface area (Å²) in [5, 5.41) is 19.2. The molecule has 3 rings (SSSR count). The fraction of sp³-hybridized carbons (Fsp3) is 0.286. The molecule has 0 aliphatic rings. The van der Waals surface area contributed by atoms with Gasteiger partial charge in [0.05, 0.1) is 13.1 Å². The van der Waals surface area contributed by atoms with E-state index in [1.54, 1.807) is 6.33 Å². The molecule has 0 fully saturated rings. The average molecular weight is 284 g/mol. The van der Waals surface area contributed by atoms with Crippen LogP contribution in [-0.4, -0.2) is 25.0 Å². The first-order valence-corrected chi connectivity index (χ1v) is 6.82. The van der Waals surface area contributed by atoms with Crippen LogP contribution >= 0.6 is 0 Å². The first-order valence-electron chi connectivity index (χ1n) is 6.82. The molecule has 2 aromatic heterocycles. The molecule has 1 aromatic carbocycles. The smallest absolute Gasteiger partial charge is 0.247 e. The van der Waals surface area contributed by atoms with Gasteiger partial charge in [-0.05, 0) is 19.1 Å². The van der Waals surface area contributed by atoms with E-state index in [2.05, 4.69) is 32.6 Å². The van der Waals surface area contributed by atoms with Crippen molar-refractivity contribution >= 4 is 0 Å². The Morgan fingerprint density at radius 1 is 1.10 bits per heavy atom. The van der Waals surface area contributed by atoms with Crippen LogP contribution in [0, 0.1) is 0 Å². The molecular weight excluding hydrogens is 268 g/mol. The minimum absolute atomic E-state index is 0.496. The van der Waals surface area contributed by atoms with Crippen LogP contribution in [0.15, 0.2) is 41.1 Å². The lowest BCUT2D eigenvalue weighted by atomic mass is 10.2. The van der Waals surface area contributed by atoms with Crippen LogP contribution in [-0.2, 0) is 19.6 Å². The number of benzene rings is 1. The standard InChI is InChI=1S/C14H16N6O/c1-2-20-10-16-17-12(20)8-15-9-13-18-19-14(21-13)11-6-4-3-5-7-11/h3-7,10,15H,2,8-9H2,1H3. The van der Waals surface area contributed by atoms with Gasteiger partial charge in [-0.3, -0.25) is 0 Å². The third-order valence-corrected chi connectivity index (χ3v) is 3.08. The highest BCUT2D eigenvalue weighted by Gasteiger charge is 2.08. The summed E-state index contributed by atoms with van der Waals surface area (Å²) in [4.78, 5) is 0. The molecule has 0 amide bonds. The number of hydrogen-bond acceptors (Lipinski definition) is 6. The highest BCUT2D eigenvalue weighted by Crippen LogP contribution is 2.16. The first-order chi connectivity index (χ1) is 10.4. The monoisotopic (exact) mass is 284 g/mol. The fourth-order valence-electron chi connectivity index (χ4n) is 1.98. The summed E-state index contributed by atoms with van der Waals surface area (Å²) in [5.41, 5.74) is 0.918. The largest absolute Gasteiger partial charge is 0.419 e. The molecule has 0 unspecified atom stereocenters. The molecule has 3 aromatic rings. The maximum atomic E-state index is 5.62. The predicted molar refractivity (Wildman–Crippen MR) is 76.0 cm³/mol. The SMILES string of the molecule is CCn1cnnc1CNCc1nnc(-c2ccccc2)o1. The minimum Gasteiger partial charge on any atom is -0.419 e. The van der Waals surface area contributed by atoms with Gasteiger partial charge in [-0.25, -0.2) is 0 Å². The zero-order valence-corrected chi connectivity index (χ0v) is 11.7. The van der Waals surface area contributed by atoms with E-state index in [0.29, 0.717) is 24.9 Å². The van der Waals surface area contributed by atoms with Crippen LogP contribution in [0.25, 0.3) is 11.5 Å². The third kappa shape index (κ3) is 3.14. The van der Waals surface area contributed by atoms with Crippen molar-refractivity contribution in [3.63, 3.8) is 0 Å². The number of rotatable bonds is 6. The Hall–Kier alpha value is -2.54. The van der Waals surface area contributed by atoms with Gasteiger partial charge in [-0.15, -0.1) is 20.4 Å². The summed E-state index contributed by atoms with van der Waals surface area (Å²) in [6.45, 7) is 4.01. The maximum Gasteiger partial charge on any atom is 0.247 e. The molecule has 108 valence electrons. The Balaban J connectivity index is 1.58. The van der Waals surface area contributed by atoms with Crippen LogP contribution in [0.5, 0.6) is 0 Å². The van der Waals surface area contributed by atoms with Crippen molar-refractivity contribution in [3.8, 4) is 11.5 Å². The van der Waals surface area contributed by atoms with Gasteiger partial charge < -0.3 is 14.3 Å². The Morgan fingerprint density at radius 3 is 2.76 bits per heavy atom. The topological polar surface area (TPSA) is 81.7 Å². The van der Waals surface area contributed by atoms with E-state index < -0.39 is 0 Å². The zero-order chi connectivity index (χ0) is 14.5. The lowest BCUT2D eigenvalue weighted by molar-refractivity contribution is 0.471. The molecule has 0 bridgehead atoms. The van der Waals surface area contributed by atoms with Gasteiger partial charge in [0.1, 0.15) is 12.2 Å². The van der Waals surface area contributed by atoms with Crippen LogP contribution < -0.4 is 5.32 Å². The van der Waals surface area contributed by atoms with Crippen LogP contribution in [0.2, 0.25) is 0 Å². The van der Waals surface area contributed by atoms with E-state index in [4.69, 9.17) is 4.42 Å². The predicted octanol–water partition coefficient (Wildman–Crippen LogP) is 1.64.